The van der Waals surface area contributed by atoms with Crippen LogP contribution >= 0.6 is 0 Å². The van der Waals surface area contributed by atoms with Gasteiger partial charge in [0.25, 0.3) is 0 Å². The number of allylic oxidation sites excluding steroid dienone is 6. The molecular formula is C78H147NO13. The fourth-order valence-corrected chi connectivity index (χ4v) is 13.1. The van der Waals surface area contributed by atoms with Gasteiger partial charge < -0.3 is 65.1 Å². The van der Waals surface area contributed by atoms with Crippen molar-refractivity contribution in [1.29, 1.82) is 0 Å². The lowest BCUT2D eigenvalue weighted by Gasteiger charge is -2.46. The molecule has 0 spiro atoms. The number of aliphatic hydroxyl groups is 8. The molecule has 12 unspecified atom stereocenters. The van der Waals surface area contributed by atoms with Crippen LogP contribution in [0.4, 0.5) is 0 Å². The molecule has 2 saturated heterocycles. The molecule has 0 aromatic rings. The number of nitrogens with one attached hydrogen (secondary N) is 1. The Hall–Kier alpha value is -1.79. The van der Waals surface area contributed by atoms with E-state index in [4.69, 9.17) is 18.9 Å². The Balaban J connectivity index is 1.62. The number of ether oxygens (including phenoxy) is 4. The highest BCUT2D eigenvalue weighted by Gasteiger charge is 2.51. The second kappa shape index (κ2) is 62.7. The third-order valence-electron chi connectivity index (χ3n) is 19.4. The molecule has 2 rings (SSSR count). The van der Waals surface area contributed by atoms with Gasteiger partial charge in [0, 0.05) is 6.42 Å². The maximum absolute atomic E-state index is 13.4. The number of aliphatic hydroxyl groups excluding tert-OH is 8. The molecule has 2 fully saturated rings. The van der Waals surface area contributed by atoms with Crippen LogP contribution in [-0.4, -0.2) is 140 Å². The summed E-state index contributed by atoms with van der Waals surface area (Å²) in [5.74, 6) is -0.200. The van der Waals surface area contributed by atoms with Crippen LogP contribution in [0.3, 0.4) is 0 Å². The summed E-state index contributed by atoms with van der Waals surface area (Å²) in [7, 11) is 0. The normalized spacial score (nSPS) is 22.8. The van der Waals surface area contributed by atoms with Crippen molar-refractivity contribution in [2.75, 3.05) is 19.8 Å². The molecule has 9 N–H and O–H groups in total. The first-order valence-corrected chi connectivity index (χ1v) is 39.2. The fourth-order valence-electron chi connectivity index (χ4n) is 13.1. The van der Waals surface area contributed by atoms with Crippen LogP contribution in [0.25, 0.3) is 0 Å². The van der Waals surface area contributed by atoms with E-state index in [-0.39, 0.29) is 12.5 Å². The first-order chi connectivity index (χ1) is 45.1. The van der Waals surface area contributed by atoms with Gasteiger partial charge in [-0.25, -0.2) is 0 Å². The molecule has 14 nitrogen and oxygen atoms in total. The third-order valence-corrected chi connectivity index (χ3v) is 19.4. The van der Waals surface area contributed by atoms with E-state index in [9.17, 15) is 45.6 Å². The Labute approximate surface area is 563 Å². The molecule has 2 aliphatic rings. The summed E-state index contributed by atoms with van der Waals surface area (Å²) in [4.78, 5) is 13.4. The molecule has 14 heteroatoms. The summed E-state index contributed by atoms with van der Waals surface area (Å²) in [5, 5.41) is 87.8. The van der Waals surface area contributed by atoms with E-state index in [1.807, 2.05) is 0 Å². The number of carbonyl (C=O) groups excluding carboxylic acids is 1. The highest BCUT2D eigenvalue weighted by Crippen LogP contribution is 2.30. The van der Waals surface area contributed by atoms with Crippen LogP contribution in [0, 0.1) is 0 Å². The summed E-state index contributed by atoms with van der Waals surface area (Å²) in [6.07, 6.45) is 64.6. The highest BCUT2D eigenvalue weighted by atomic mass is 16.7. The second-order valence-corrected chi connectivity index (χ2v) is 27.8. The van der Waals surface area contributed by atoms with E-state index in [2.05, 4.69) is 55.6 Å². The van der Waals surface area contributed by atoms with Gasteiger partial charge in [0.05, 0.1) is 32.0 Å². The van der Waals surface area contributed by atoms with Crippen molar-refractivity contribution in [2.24, 2.45) is 0 Å². The van der Waals surface area contributed by atoms with Crippen LogP contribution in [0.1, 0.15) is 361 Å². The molecule has 0 bridgehead atoms. The van der Waals surface area contributed by atoms with Crippen LogP contribution in [0.2, 0.25) is 0 Å². The minimum Gasteiger partial charge on any atom is -0.394 e. The quantitative estimate of drug-likeness (QED) is 0.0204. The summed E-state index contributed by atoms with van der Waals surface area (Å²) in [6.45, 7) is 2.91. The maximum Gasteiger partial charge on any atom is 0.220 e. The average Bonchev–Trinajstić information content (AvgIpc) is 0.844. The van der Waals surface area contributed by atoms with E-state index in [0.717, 1.165) is 64.2 Å². The maximum atomic E-state index is 13.4. The van der Waals surface area contributed by atoms with Crippen molar-refractivity contribution >= 4 is 5.91 Å². The summed E-state index contributed by atoms with van der Waals surface area (Å²) in [5.41, 5.74) is 0. The standard InChI is InChI=1S/C78H147NO13/c1-3-5-7-9-11-13-15-17-19-21-23-25-27-29-31-32-33-34-36-38-40-42-44-46-48-50-52-54-56-58-60-62-70(83)79-66(65-89-77-75(88)73(86)76(69(64-81)91-77)92-78-74(87)72(85)71(84)68(63-80)90-78)67(82)61-59-57-55-53-51-49-47-45-43-41-39-37-35-30-28-26-24-22-20-18-16-14-12-10-8-6-4-2/h15,17,21,23,27,29,66-69,71-78,80-82,84-88H,3-14,16,18-20,22,24-26,28,30-65H2,1-2H3,(H,79,83)/b17-15-,23-21-,29-27-. The highest BCUT2D eigenvalue weighted by molar-refractivity contribution is 5.76. The van der Waals surface area contributed by atoms with Crippen LogP contribution in [-0.2, 0) is 23.7 Å². The predicted molar refractivity (Wildman–Crippen MR) is 378 cm³/mol. The number of amides is 1. The summed E-state index contributed by atoms with van der Waals surface area (Å²) < 4.78 is 23.0. The molecule has 12 atom stereocenters. The van der Waals surface area contributed by atoms with Crippen LogP contribution < -0.4 is 5.32 Å². The number of hydrogen-bond acceptors (Lipinski definition) is 13. The average molecular weight is 1310 g/mol. The number of unbranched alkanes of at least 4 members (excludes halogenated alkanes) is 47. The van der Waals surface area contributed by atoms with Gasteiger partial charge >= 0.3 is 0 Å². The van der Waals surface area contributed by atoms with Gasteiger partial charge in [-0.1, -0.05) is 339 Å². The van der Waals surface area contributed by atoms with Gasteiger partial charge in [0.15, 0.2) is 12.6 Å². The molecule has 542 valence electrons. The van der Waals surface area contributed by atoms with Crippen molar-refractivity contribution in [3.05, 3.63) is 36.5 Å². The Morgan fingerprint density at radius 1 is 0.391 bits per heavy atom. The molecule has 0 radical (unpaired) electrons. The zero-order chi connectivity index (χ0) is 66.6. The predicted octanol–water partition coefficient (Wildman–Crippen LogP) is 17.2. The Morgan fingerprint density at radius 2 is 0.717 bits per heavy atom. The van der Waals surface area contributed by atoms with Crippen molar-refractivity contribution in [2.45, 2.75) is 434 Å². The van der Waals surface area contributed by atoms with E-state index in [1.165, 1.54) is 270 Å². The summed E-state index contributed by atoms with van der Waals surface area (Å²) in [6, 6.07) is -0.830. The molecule has 1 amide bonds. The lowest BCUT2D eigenvalue weighted by atomic mass is 9.97. The lowest BCUT2D eigenvalue weighted by Crippen LogP contribution is -2.65. The molecule has 0 aromatic carbocycles. The Morgan fingerprint density at radius 3 is 1.10 bits per heavy atom. The van der Waals surface area contributed by atoms with E-state index in [1.54, 1.807) is 0 Å². The minimum atomic E-state index is -1.78. The van der Waals surface area contributed by atoms with Crippen LogP contribution in [0.5, 0.6) is 0 Å². The van der Waals surface area contributed by atoms with Crippen molar-refractivity contribution < 1.29 is 64.6 Å². The fraction of sp³-hybridized carbons (Fsp3) is 0.910. The van der Waals surface area contributed by atoms with Crippen LogP contribution in [0.15, 0.2) is 36.5 Å². The second-order valence-electron chi connectivity index (χ2n) is 27.8. The molecular weight excluding hydrogens is 1160 g/mol. The SMILES string of the molecule is CCCCCCC/C=C\C/C=C\C/C=C\CCCCCCCCCCCCCCCCCCC(=O)NC(COC1OC(CO)C(OC2OC(CO)C(O)C(O)C2O)C(O)C1O)C(O)CCCCCCCCCCCCCCCCCCCCCCCCCCCCC. The van der Waals surface area contributed by atoms with Gasteiger partial charge in [-0.3, -0.25) is 4.79 Å². The zero-order valence-electron chi connectivity index (χ0n) is 59.3. The van der Waals surface area contributed by atoms with E-state index >= 15 is 0 Å². The molecule has 0 aliphatic carbocycles. The molecule has 0 aromatic heterocycles. The van der Waals surface area contributed by atoms with Crippen molar-refractivity contribution in [3.8, 4) is 0 Å². The molecule has 2 aliphatic heterocycles. The minimum absolute atomic E-state index is 0.200. The number of hydrogen-bond donors (Lipinski definition) is 9. The topological polar surface area (TPSA) is 228 Å². The molecule has 92 heavy (non-hydrogen) atoms. The van der Waals surface area contributed by atoms with E-state index < -0.39 is 86.8 Å². The van der Waals surface area contributed by atoms with Crippen molar-refractivity contribution in [1.82, 2.24) is 5.32 Å². The molecule has 2 heterocycles. The first-order valence-electron chi connectivity index (χ1n) is 39.2. The number of rotatable bonds is 66. The van der Waals surface area contributed by atoms with Gasteiger partial charge in [0.1, 0.15) is 48.8 Å². The van der Waals surface area contributed by atoms with Gasteiger partial charge in [-0.15, -0.1) is 0 Å². The Kier molecular flexibility index (Phi) is 58.8. The lowest BCUT2D eigenvalue weighted by molar-refractivity contribution is -0.359. The number of carbonyl (C=O) groups is 1. The summed E-state index contributed by atoms with van der Waals surface area (Å²) >= 11 is 0. The molecule has 0 saturated carbocycles. The van der Waals surface area contributed by atoms with Crippen molar-refractivity contribution in [3.63, 3.8) is 0 Å². The zero-order valence-corrected chi connectivity index (χ0v) is 59.3. The largest absolute Gasteiger partial charge is 0.394 e. The smallest absolute Gasteiger partial charge is 0.220 e. The van der Waals surface area contributed by atoms with Gasteiger partial charge in [-0.05, 0) is 51.4 Å². The van der Waals surface area contributed by atoms with E-state index in [0.29, 0.717) is 12.8 Å². The first kappa shape index (κ1) is 86.3. The van der Waals surface area contributed by atoms with Gasteiger partial charge in [-0.2, -0.15) is 0 Å². The third kappa shape index (κ3) is 45.7. The van der Waals surface area contributed by atoms with Gasteiger partial charge in [0.2, 0.25) is 5.91 Å². The Bertz CT molecular complexity index is 1680. The monoisotopic (exact) mass is 1310 g/mol.